The monoisotopic (exact) mass is 524 g/mol. The van der Waals surface area contributed by atoms with Crippen molar-refractivity contribution in [1.82, 2.24) is 4.90 Å². The summed E-state index contributed by atoms with van der Waals surface area (Å²) in [6.07, 6.45) is 0. The van der Waals surface area contributed by atoms with Crippen molar-refractivity contribution in [3.8, 4) is 0 Å². The quantitative estimate of drug-likeness (QED) is 0.115. The Morgan fingerprint density at radius 1 is 0.600 bits per heavy atom. The Morgan fingerprint density at radius 2 is 1.05 bits per heavy atom. The molecule has 0 aliphatic heterocycles. The van der Waals surface area contributed by atoms with Gasteiger partial charge in [0.25, 0.3) is 0 Å². The molecular formula is C36H32N2O2. The first-order valence-electron chi connectivity index (χ1n) is 13.5. The predicted octanol–water partition coefficient (Wildman–Crippen LogP) is 7.78. The minimum atomic E-state index is -0.680. The number of carbonyl (C=O) groups excluding carboxylic acids is 1. The Bertz CT molecular complexity index is 1490. The van der Waals surface area contributed by atoms with Gasteiger partial charge in [-0.3, -0.25) is 10.2 Å². The smallest absolute Gasteiger partial charge is 0.316 e. The SMILES string of the molecule is N=C(c1ccccc1)N(Cc1ccccc1)[C@@H](c1ccccc1)[C@H](C(=O)OCc1ccccc1)c1ccccc1. The van der Waals surface area contributed by atoms with Crippen LogP contribution in [0.25, 0.3) is 0 Å². The highest BCUT2D eigenvalue weighted by molar-refractivity contribution is 5.97. The summed E-state index contributed by atoms with van der Waals surface area (Å²) in [7, 11) is 0. The molecule has 4 heteroatoms. The standard InChI is InChI=1S/C36H32N2O2/c37-35(32-24-14-5-15-25-32)38(26-28-16-6-1-7-17-28)34(31-22-12-4-13-23-31)33(30-20-10-3-11-21-30)36(39)40-27-29-18-8-2-9-19-29/h1-25,33-34,37H,26-27H2/t33-,34+/m1/s1. The molecular weight excluding hydrogens is 492 g/mol. The minimum Gasteiger partial charge on any atom is -0.460 e. The zero-order valence-corrected chi connectivity index (χ0v) is 22.3. The third-order valence-corrected chi connectivity index (χ3v) is 6.96. The van der Waals surface area contributed by atoms with E-state index in [4.69, 9.17) is 4.74 Å². The van der Waals surface area contributed by atoms with Gasteiger partial charge in [-0.1, -0.05) is 152 Å². The summed E-state index contributed by atoms with van der Waals surface area (Å²) in [6, 6.07) is 48.8. The Labute approximate surface area is 236 Å². The Balaban J connectivity index is 1.62. The second kappa shape index (κ2) is 13.2. The van der Waals surface area contributed by atoms with Gasteiger partial charge in [-0.05, 0) is 22.3 Å². The minimum absolute atomic E-state index is 0.180. The van der Waals surface area contributed by atoms with E-state index >= 15 is 0 Å². The highest BCUT2D eigenvalue weighted by Crippen LogP contribution is 2.39. The van der Waals surface area contributed by atoms with Gasteiger partial charge in [0.1, 0.15) is 18.4 Å². The van der Waals surface area contributed by atoms with E-state index in [-0.39, 0.29) is 12.6 Å². The lowest BCUT2D eigenvalue weighted by molar-refractivity contribution is -0.148. The molecule has 0 aliphatic rings. The highest BCUT2D eigenvalue weighted by Gasteiger charge is 2.38. The van der Waals surface area contributed by atoms with Crippen LogP contribution in [0.2, 0.25) is 0 Å². The number of benzene rings is 5. The average Bonchev–Trinajstić information content (AvgIpc) is 3.03. The molecule has 0 spiro atoms. The van der Waals surface area contributed by atoms with Gasteiger partial charge in [0.05, 0.1) is 6.04 Å². The molecule has 0 bridgehead atoms. The fourth-order valence-electron chi connectivity index (χ4n) is 4.99. The van der Waals surface area contributed by atoms with Gasteiger partial charge in [0.2, 0.25) is 0 Å². The summed E-state index contributed by atoms with van der Waals surface area (Å²) in [4.78, 5) is 16.2. The summed E-state index contributed by atoms with van der Waals surface area (Å²) in [5.74, 6) is -0.669. The van der Waals surface area contributed by atoms with E-state index in [0.29, 0.717) is 12.4 Å². The maximum absolute atomic E-state index is 14.1. The van der Waals surface area contributed by atoms with Crippen LogP contribution in [0, 0.1) is 5.41 Å². The van der Waals surface area contributed by atoms with Crippen LogP contribution in [-0.4, -0.2) is 16.7 Å². The molecule has 1 N–H and O–H groups in total. The number of rotatable bonds is 10. The summed E-state index contributed by atoms with van der Waals surface area (Å²) in [6.45, 7) is 0.628. The molecule has 0 saturated carbocycles. The maximum atomic E-state index is 14.1. The van der Waals surface area contributed by atoms with Crippen LogP contribution in [0.1, 0.15) is 39.8 Å². The fourth-order valence-corrected chi connectivity index (χ4v) is 4.99. The molecule has 5 aromatic carbocycles. The number of esters is 1. The second-order valence-corrected chi connectivity index (χ2v) is 9.67. The molecule has 0 aliphatic carbocycles. The first-order valence-corrected chi connectivity index (χ1v) is 13.5. The first kappa shape index (κ1) is 26.6. The van der Waals surface area contributed by atoms with Crippen molar-refractivity contribution in [1.29, 1.82) is 5.41 Å². The zero-order chi connectivity index (χ0) is 27.6. The van der Waals surface area contributed by atoms with E-state index in [2.05, 4.69) is 12.1 Å². The third-order valence-electron chi connectivity index (χ3n) is 6.96. The van der Waals surface area contributed by atoms with Crippen molar-refractivity contribution < 1.29 is 9.53 Å². The molecule has 5 rings (SSSR count). The summed E-state index contributed by atoms with van der Waals surface area (Å²) >= 11 is 0. The number of carbonyl (C=O) groups is 1. The van der Waals surface area contributed by atoms with Crippen LogP contribution in [0.15, 0.2) is 152 Å². The molecule has 0 saturated heterocycles. The normalized spacial score (nSPS) is 12.2. The van der Waals surface area contributed by atoms with Gasteiger partial charge in [0.15, 0.2) is 0 Å². The third kappa shape index (κ3) is 6.54. The predicted molar refractivity (Wildman–Crippen MR) is 160 cm³/mol. The molecule has 198 valence electrons. The van der Waals surface area contributed by atoms with Crippen molar-refractivity contribution in [2.24, 2.45) is 0 Å². The first-order chi connectivity index (χ1) is 19.7. The van der Waals surface area contributed by atoms with Crippen LogP contribution in [0.3, 0.4) is 0 Å². The topological polar surface area (TPSA) is 53.4 Å². The number of ether oxygens (including phenoxy) is 1. The van der Waals surface area contributed by atoms with E-state index in [1.165, 1.54) is 0 Å². The van der Waals surface area contributed by atoms with E-state index in [9.17, 15) is 10.2 Å². The summed E-state index contributed by atoms with van der Waals surface area (Å²) in [5, 5.41) is 9.42. The van der Waals surface area contributed by atoms with Crippen LogP contribution in [-0.2, 0) is 22.7 Å². The van der Waals surface area contributed by atoms with Crippen molar-refractivity contribution in [3.63, 3.8) is 0 Å². The van der Waals surface area contributed by atoms with Gasteiger partial charge >= 0.3 is 5.97 Å². The molecule has 0 radical (unpaired) electrons. The Morgan fingerprint density at radius 3 is 1.60 bits per heavy atom. The lowest BCUT2D eigenvalue weighted by Crippen LogP contribution is -2.40. The lowest BCUT2D eigenvalue weighted by Gasteiger charge is -2.38. The fraction of sp³-hybridized carbons (Fsp3) is 0.111. The summed E-state index contributed by atoms with van der Waals surface area (Å²) < 4.78 is 6.00. The van der Waals surface area contributed by atoms with Crippen molar-refractivity contribution >= 4 is 11.8 Å². The van der Waals surface area contributed by atoms with E-state index in [1.807, 2.05) is 144 Å². The molecule has 0 unspecified atom stereocenters. The number of nitrogens with zero attached hydrogens (tertiary/aromatic N) is 1. The largest absolute Gasteiger partial charge is 0.460 e. The number of nitrogens with one attached hydrogen (secondary N) is 1. The molecule has 0 fully saturated rings. The Hall–Kier alpha value is -4.96. The number of hydrogen-bond acceptors (Lipinski definition) is 3. The molecule has 5 aromatic rings. The molecule has 0 aromatic heterocycles. The van der Waals surface area contributed by atoms with Gasteiger partial charge in [-0.25, -0.2) is 0 Å². The van der Waals surface area contributed by atoms with E-state index in [1.54, 1.807) is 0 Å². The lowest BCUT2D eigenvalue weighted by atomic mass is 9.85. The zero-order valence-electron chi connectivity index (χ0n) is 22.3. The Kier molecular flexibility index (Phi) is 8.80. The summed E-state index contributed by atoms with van der Waals surface area (Å²) in [5.41, 5.74) is 4.53. The van der Waals surface area contributed by atoms with Crippen LogP contribution >= 0.6 is 0 Å². The van der Waals surface area contributed by atoms with Crippen LogP contribution in [0.4, 0.5) is 0 Å². The van der Waals surface area contributed by atoms with Gasteiger partial charge in [-0.2, -0.15) is 0 Å². The number of amidine groups is 1. The molecule has 2 atom stereocenters. The second-order valence-electron chi connectivity index (χ2n) is 9.67. The average molecular weight is 525 g/mol. The van der Waals surface area contributed by atoms with Crippen molar-refractivity contribution in [2.75, 3.05) is 0 Å². The van der Waals surface area contributed by atoms with Gasteiger partial charge in [0, 0.05) is 12.1 Å². The van der Waals surface area contributed by atoms with Gasteiger partial charge < -0.3 is 9.64 Å². The highest BCUT2D eigenvalue weighted by atomic mass is 16.5. The number of hydrogen-bond donors (Lipinski definition) is 1. The molecule has 4 nitrogen and oxygen atoms in total. The van der Waals surface area contributed by atoms with Crippen LogP contribution in [0.5, 0.6) is 0 Å². The maximum Gasteiger partial charge on any atom is 0.316 e. The van der Waals surface area contributed by atoms with Crippen LogP contribution < -0.4 is 0 Å². The van der Waals surface area contributed by atoms with E-state index in [0.717, 1.165) is 27.8 Å². The molecule has 0 amide bonds. The van der Waals surface area contributed by atoms with Crippen molar-refractivity contribution in [2.45, 2.75) is 25.1 Å². The van der Waals surface area contributed by atoms with Gasteiger partial charge in [-0.15, -0.1) is 0 Å². The molecule has 0 heterocycles. The van der Waals surface area contributed by atoms with E-state index < -0.39 is 12.0 Å². The van der Waals surface area contributed by atoms with Crippen molar-refractivity contribution in [3.05, 3.63) is 179 Å². The molecule has 40 heavy (non-hydrogen) atoms.